The van der Waals surface area contributed by atoms with Gasteiger partial charge in [0.2, 0.25) is 17.7 Å². The van der Waals surface area contributed by atoms with Gasteiger partial charge in [-0.1, -0.05) is 12.2 Å². The molecule has 0 bridgehead atoms. The fraction of sp³-hybridized carbons (Fsp3) is 0.536. The van der Waals surface area contributed by atoms with Gasteiger partial charge in [-0.25, -0.2) is 0 Å². The number of nitrogens with two attached hydrogens (primary N) is 1. The maximum atomic E-state index is 12.9. The lowest BCUT2D eigenvalue weighted by molar-refractivity contribution is -0.153. The van der Waals surface area contributed by atoms with Crippen molar-refractivity contribution in [3.05, 3.63) is 35.6 Å². The molecule has 15 heteroatoms. The molecule has 43 heavy (non-hydrogen) atoms. The number of fused-ring (bicyclic) bond motifs is 1. The molecule has 0 radical (unpaired) electrons. The highest BCUT2D eigenvalue weighted by atomic mass is 16.5. The molecule has 0 aromatic carbocycles. The Labute approximate surface area is 247 Å². The van der Waals surface area contributed by atoms with Crippen molar-refractivity contribution in [1.29, 1.82) is 0 Å². The SMILES string of the molecule is COC1=CC2OC(=O)C(C(=O)NCC[C@@H](NC(=O)[C@H](C)N)C(=O)NCC[C@@H](CC(=O)CCCC(=O)O)C(=O)O)C=C2C=C1. The van der Waals surface area contributed by atoms with Gasteiger partial charge in [-0.3, -0.25) is 33.6 Å². The van der Waals surface area contributed by atoms with Crippen LogP contribution in [-0.4, -0.2) is 90.0 Å². The van der Waals surface area contributed by atoms with Crippen LogP contribution in [0.25, 0.3) is 0 Å². The molecule has 5 atom stereocenters. The standard InChI is InChI=1S/C28H38N4O11/c1-15(29)24(36)32-21(26(38)31-10-8-17(27(39)40)12-18(33)4-3-5-23(34)35)9-11-30-25(37)20-13-16-6-7-19(42-2)14-22(16)43-28(20)41/h6-7,13-15,17,20-22H,3-5,8-12,29H2,1-2H3,(H,30,37)(H,31,38)(H,32,36)(H,34,35)(H,39,40)/t15-,17-,20?,21+,22?/m0/s1. The summed E-state index contributed by atoms with van der Waals surface area (Å²) >= 11 is 0. The first-order valence-electron chi connectivity index (χ1n) is 13.8. The van der Waals surface area contributed by atoms with Gasteiger partial charge in [0, 0.05) is 38.4 Å². The summed E-state index contributed by atoms with van der Waals surface area (Å²) in [5.74, 6) is -7.26. The summed E-state index contributed by atoms with van der Waals surface area (Å²) in [6, 6.07) is -2.10. The minimum absolute atomic E-state index is 0.0711. The number of rotatable bonds is 18. The predicted molar refractivity (Wildman–Crippen MR) is 149 cm³/mol. The van der Waals surface area contributed by atoms with Crippen molar-refractivity contribution in [2.75, 3.05) is 20.2 Å². The number of ether oxygens (including phenoxy) is 2. The Morgan fingerprint density at radius 3 is 2.33 bits per heavy atom. The Morgan fingerprint density at radius 1 is 1.00 bits per heavy atom. The number of allylic oxidation sites excluding steroid dienone is 1. The van der Waals surface area contributed by atoms with Gasteiger partial charge in [0.05, 0.1) is 19.1 Å². The molecule has 15 nitrogen and oxygen atoms in total. The third-order valence-corrected chi connectivity index (χ3v) is 6.70. The molecule has 7 N–H and O–H groups in total. The number of ketones is 1. The number of amides is 3. The molecule has 0 saturated carbocycles. The minimum atomic E-state index is -1.24. The van der Waals surface area contributed by atoms with E-state index in [9.17, 15) is 38.7 Å². The summed E-state index contributed by atoms with van der Waals surface area (Å²) in [6.07, 6.45) is 5.07. The van der Waals surface area contributed by atoms with Gasteiger partial charge in [-0.05, 0) is 37.8 Å². The van der Waals surface area contributed by atoms with E-state index in [4.69, 9.17) is 20.3 Å². The smallest absolute Gasteiger partial charge is 0.323 e. The molecule has 0 spiro atoms. The molecule has 1 aliphatic carbocycles. The Balaban J connectivity index is 1.92. The predicted octanol–water partition coefficient (Wildman–Crippen LogP) is -0.686. The quantitative estimate of drug-likeness (QED) is 0.0840. The second kappa shape index (κ2) is 16.8. The van der Waals surface area contributed by atoms with Gasteiger partial charge in [-0.2, -0.15) is 0 Å². The van der Waals surface area contributed by atoms with Gasteiger partial charge in [0.25, 0.3) is 0 Å². The number of aliphatic carboxylic acids is 2. The molecule has 1 aliphatic heterocycles. The Bertz CT molecular complexity index is 1190. The Hall–Kier alpha value is -4.53. The summed E-state index contributed by atoms with van der Waals surface area (Å²) in [5.41, 5.74) is 6.20. The average Bonchev–Trinajstić information content (AvgIpc) is 2.94. The number of carboxylic acid groups (broad SMARTS) is 2. The third-order valence-electron chi connectivity index (χ3n) is 6.70. The van der Waals surface area contributed by atoms with E-state index < -0.39 is 71.4 Å². The van der Waals surface area contributed by atoms with Crippen LogP contribution in [0.4, 0.5) is 0 Å². The van der Waals surface area contributed by atoms with E-state index >= 15 is 0 Å². The molecule has 0 aromatic rings. The van der Waals surface area contributed by atoms with Gasteiger partial charge in [0.15, 0.2) is 5.92 Å². The number of methoxy groups -OCH3 is 1. The fourth-order valence-electron chi connectivity index (χ4n) is 4.25. The molecular weight excluding hydrogens is 568 g/mol. The van der Waals surface area contributed by atoms with E-state index in [1.54, 1.807) is 18.2 Å². The maximum absolute atomic E-state index is 12.9. The van der Waals surface area contributed by atoms with Crippen LogP contribution >= 0.6 is 0 Å². The maximum Gasteiger partial charge on any atom is 0.323 e. The Kier molecular flexibility index (Phi) is 13.5. The number of hydrogen-bond acceptors (Lipinski definition) is 10. The summed E-state index contributed by atoms with van der Waals surface area (Å²) in [6.45, 7) is 1.17. The van der Waals surface area contributed by atoms with Crippen LogP contribution in [0.3, 0.4) is 0 Å². The first-order valence-corrected chi connectivity index (χ1v) is 13.8. The monoisotopic (exact) mass is 606 g/mol. The van der Waals surface area contributed by atoms with Crippen molar-refractivity contribution in [3.63, 3.8) is 0 Å². The van der Waals surface area contributed by atoms with Gasteiger partial charge in [0.1, 0.15) is 23.7 Å². The second-order valence-electron chi connectivity index (χ2n) is 10.1. The van der Waals surface area contributed by atoms with E-state index in [0.717, 1.165) is 0 Å². The molecule has 2 aliphatic rings. The van der Waals surface area contributed by atoms with Crippen molar-refractivity contribution in [3.8, 4) is 0 Å². The zero-order chi connectivity index (χ0) is 32.1. The lowest BCUT2D eigenvalue weighted by Gasteiger charge is -2.27. The van der Waals surface area contributed by atoms with Crippen molar-refractivity contribution in [2.24, 2.45) is 17.6 Å². The number of nitrogens with one attached hydrogen (secondary N) is 3. The molecule has 2 unspecified atom stereocenters. The van der Waals surface area contributed by atoms with Crippen LogP contribution in [-0.2, 0) is 43.0 Å². The van der Waals surface area contributed by atoms with Crippen molar-refractivity contribution < 1.29 is 53.2 Å². The molecule has 0 saturated heterocycles. The number of hydrogen-bond donors (Lipinski definition) is 6. The lowest BCUT2D eigenvalue weighted by Crippen LogP contribution is -2.52. The molecule has 0 aromatic heterocycles. The number of esters is 1. The van der Waals surface area contributed by atoms with Gasteiger partial charge < -0.3 is 41.4 Å². The molecule has 1 heterocycles. The molecule has 2 rings (SSSR count). The van der Waals surface area contributed by atoms with E-state index in [-0.39, 0.29) is 51.6 Å². The number of carbonyl (C=O) groups excluding carboxylic acids is 5. The Morgan fingerprint density at radius 2 is 1.70 bits per heavy atom. The lowest BCUT2D eigenvalue weighted by atomic mass is 9.94. The van der Waals surface area contributed by atoms with Crippen LogP contribution in [0.15, 0.2) is 35.6 Å². The zero-order valence-corrected chi connectivity index (χ0v) is 24.0. The van der Waals surface area contributed by atoms with Gasteiger partial charge in [-0.15, -0.1) is 0 Å². The molecule has 0 fully saturated rings. The van der Waals surface area contributed by atoms with Crippen LogP contribution in [0.2, 0.25) is 0 Å². The molecule has 3 amide bonds. The van der Waals surface area contributed by atoms with E-state index in [0.29, 0.717) is 11.3 Å². The first kappa shape index (κ1) is 34.7. The summed E-state index contributed by atoms with van der Waals surface area (Å²) < 4.78 is 10.5. The van der Waals surface area contributed by atoms with Crippen molar-refractivity contribution >= 4 is 41.4 Å². The van der Waals surface area contributed by atoms with Crippen molar-refractivity contribution in [2.45, 2.75) is 63.6 Å². The van der Waals surface area contributed by atoms with Crippen LogP contribution in [0.5, 0.6) is 0 Å². The fourth-order valence-corrected chi connectivity index (χ4v) is 4.25. The minimum Gasteiger partial charge on any atom is -0.497 e. The first-order chi connectivity index (χ1) is 20.3. The molecular formula is C28H38N4O11. The van der Waals surface area contributed by atoms with Crippen LogP contribution in [0.1, 0.15) is 45.4 Å². The highest BCUT2D eigenvalue weighted by molar-refractivity contribution is 6.01. The largest absolute Gasteiger partial charge is 0.497 e. The topological polar surface area (TPSA) is 241 Å². The van der Waals surface area contributed by atoms with E-state index in [2.05, 4.69) is 16.0 Å². The number of carboxylic acids is 2. The second-order valence-corrected chi connectivity index (χ2v) is 10.1. The summed E-state index contributed by atoms with van der Waals surface area (Å²) in [5, 5.41) is 25.7. The number of Topliss-reactive ketones (excluding diaryl/α,β-unsaturated/α-hetero) is 1. The van der Waals surface area contributed by atoms with E-state index in [1.807, 2.05) is 0 Å². The third kappa shape index (κ3) is 11.3. The highest BCUT2D eigenvalue weighted by Gasteiger charge is 2.35. The van der Waals surface area contributed by atoms with Crippen LogP contribution in [0, 0.1) is 11.8 Å². The average molecular weight is 607 g/mol. The summed E-state index contributed by atoms with van der Waals surface area (Å²) in [7, 11) is 1.47. The summed E-state index contributed by atoms with van der Waals surface area (Å²) in [4.78, 5) is 84.5. The van der Waals surface area contributed by atoms with Gasteiger partial charge >= 0.3 is 17.9 Å². The number of carbonyl (C=O) groups is 7. The van der Waals surface area contributed by atoms with Crippen LogP contribution < -0.4 is 21.7 Å². The van der Waals surface area contributed by atoms with Crippen molar-refractivity contribution in [1.82, 2.24) is 16.0 Å². The molecule has 236 valence electrons. The zero-order valence-electron chi connectivity index (χ0n) is 24.0. The highest BCUT2D eigenvalue weighted by Crippen LogP contribution is 2.27. The normalized spacial score (nSPS) is 19.3. The van der Waals surface area contributed by atoms with E-state index in [1.165, 1.54) is 20.1 Å².